The van der Waals surface area contributed by atoms with Gasteiger partial charge in [0.15, 0.2) is 5.60 Å². The first-order chi connectivity index (χ1) is 17.2. The van der Waals surface area contributed by atoms with E-state index in [-0.39, 0.29) is 5.56 Å². The molecule has 0 fully saturated rings. The first kappa shape index (κ1) is 23.9. The van der Waals surface area contributed by atoms with Gasteiger partial charge >= 0.3 is 11.9 Å². The molecule has 1 spiro atoms. The maximum absolute atomic E-state index is 13.0. The average molecular weight is 488 g/mol. The Labute approximate surface area is 210 Å². The largest absolute Gasteiger partial charge is 0.456 e. The molecule has 0 radical (unpaired) electrons. The molecule has 2 aliphatic heterocycles. The molecule has 2 aliphatic rings. The molecule has 1 atom stereocenters. The lowest BCUT2D eigenvalue weighted by molar-refractivity contribution is -0.301. The van der Waals surface area contributed by atoms with E-state index in [1.165, 1.54) is 0 Å². The molecule has 36 heavy (non-hydrogen) atoms. The first-order valence-electron chi connectivity index (χ1n) is 12.1. The molecular formula is C29H29NO6. The Balaban J connectivity index is 1.67. The maximum Gasteiger partial charge on any atom is 0.373 e. The Morgan fingerprint density at radius 1 is 0.917 bits per heavy atom. The van der Waals surface area contributed by atoms with Crippen LogP contribution in [0.1, 0.15) is 72.0 Å². The summed E-state index contributed by atoms with van der Waals surface area (Å²) in [5.41, 5.74) is 2.02. The van der Waals surface area contributed by atoms with Crippen LogP contribution in [0.5, 0.6) is 11.5 Å². The minimum Gasteiger partial charge on any atom is -0.456 e. The lowest BCUT2D eigenvalue weighted by atomic mass is 9.77. The number of carbonyl (C=O) groups excluding carboxylic acids is 2. The molecule has 3 aromatic rings. The van der Waals surface area contributed by atoms with Crippen LogP contribution in [-0.4, -0.2) is 30.6 Å². The Bertz CT molecular complexity index is 1350. The summed E-state index contributed by atoms with van der Waals surface area (Å²) in [5.74, 6) is -0.0714. The fourth-order valence-electron chi connectivity index (χ4n) is 4.79. The van der Waals surface area contributed by atoms with E-state index in [0.717, 1.165) is 29.9 Å². The van der Waals surface area contributed by atoms with Crippen molar-refractivity contribution in [2.45, 2.75) is 45.8 Å². The van der Waals surface area contributed by atoms with Crippen LogP contribution in [0.15, 0.2) is 60.7 Å². The maximum atomic E-state index is 13.0. The molecule has 0 amide bonds. The normalized spacial score (nSPS) is 17.5. The molecule has 0 N–H and O–H groups in total. The van der Waals surface area contributed by atoms with Crippen LogP contribution < -0.4 is 9.64 Å². The Morgan fingerprint density at radius 2 is 1.58 bits per heavy atom. The van der Waals surface area contributed by atoms with Crippen molar-refractivity contribution >= 4 is 17.6 Å². The monoisotopic (exact) mass is 487 g/mol. The van der Waals surface area contributed by atoms with Gasteiger partial charge in [-0.1, -0.05) is 18.2 Å². The summed E-state index contributed by atoms with van der Waals surface area (Å²) in [6.07, 6.45) is 0. The van der Waals surface area contributed by atoms with Gasteiger partial charge in [0.05, 0.1) is 11.1 Å². The van der Waals surface area contributed by atoms with E-state index in [1.807, 2.05) is 36.4 Å². The zero-order valence-electron chi connectivity index (χ0n) is 21.1. The second-order valence-corrected chi connectivity index (χ2v) is 9.85. The van der Waals surface area contributed by atoms with E-state index >= 15 is 0 Å². The van der Waals surface area contributed by atoms with E-state index in [0.29, 0.717) is 22.6 Å². The number of hydrogen-bond donors (Lipinski definition) is 0. The number of nitrogens with zero attached hydrogens (tertiary/aromatic N) is 1. The Hall–Kier alpha value is -3.84. The summed E-state index contributed by atoms with van der Waals surface area (Å²) in [7, 11) is 0. The summed E-state index contributed by atoms with van der Waals surface area (Å²) < 4.78 is 12.5. The molecule has 186 valence electrons. The second kappa shape index (κ2) is 8.68. The molecule has 0 bridgehead atoms. The smallest absolute Gasteiger partial charge is 0.373 e. The molecule has 0 saturated heterocycles. The zero-order chi connectivity index (χ0) is 25.7. The van der Waals surface area contributed by atoms with Crippen LogP contribution in [0.4, 0.5) is 5.69 Å². The number of hydrogen-bond acceptors (Lipinski definition) is 7. The molecule has 5 rings (SSSR count). The molecule has 7 heteroatoms. The molecule has 1 unspecified atom stereocenters. The van der Waals surface area contributed by atoms with Crippen LogP contribution in [-0.2, 0) is 20.1 Å². The number of benzene rings is 3. The van der Waals surface area contributed by atoms with Crippen LogP contribution in [0.2, 0.25) is 0 Å². The van der Waals surface area contributed by atoms with Gasteiger partial charge in [-0.15, -0.1) is 0 Å². The van der Waals surface area contributed by atoms with Crippen molar-refractivity contribution in [3.63, 3.8) is 0 Å². The van der Waals surface area contributed by atoms with E-state index in [9.17, 15) is 9.59 Å². The fourth-order valence-corrected chi connectivity index (χ4v) is 4.79. The molecule has 0 saturated carbocycles. The highest BCUT2D eigenvalue weighted by Crippen LogP contribution is 2.56. The molecule has 2 heterocycles. The predicted octanol–water partition coefficient (Wildman–Crippen LogP) is 5.99. The van der Waals surface area contributed by atoms with Crippen molar-refractivity contribution in [1.82, 2.24) is 0 Å². The summed E-state index contributed by atoms with van der Waals surface area (Å²) in [4.78, 5) is 38.2. The summed E-state index contributed by atoms with van der Waals surface area (Å²) >= 11 is 0. The third-order valence-corrected chi connectivity index (χ3v) is 6.43. The van der Waals surface area contributed by atoms with Gasteiger partial charge in [0.2, 0.25) is 0 Å². The molecular weight excluding hydrogens is 458 g/mol. The number of carbonyl (C=O) groups is 2. The van der Waals surface area contributed by atoms with E-state index in [1.54, 1.807) is 45.0 Å². The lowest BCUT2D eigenvalue weighted by Crippen LogP contribution is -2.33. The molecule has 0 aromatic heterocycles. The summed E-state index contributed by atoms with van der Waals surface area (Å²) in [5, 5.41) is 0. The van der Waals surface area contributed by atoms with Crippen molar-refractivity contribution in [2.75, 3.05) is 18.0 Å². The van der Waals surface area contributed by atoms with E-state index in [2.05, 4.69) is 18.7 Å². The number of ether oxygens (including phenoxy) is 2. The third-order valence-electron chi connectivity index (χ3n) is 6.43. The minimum absolute atomic E-state index is 0.258. The Morgan fingerprint density at radius 3 is 2.28 bits per heavy atom. The molecule has 0 aliphatic carbocycles. The number of anilines is 1. The van der Waals surface area contributed by atoms with Crippen LogP contribution in [0.25, 0.3) is 0 Å². The highest BCUT2D eigenvalue weighted by Gasteiger charge is 2.53. The van der Waals surface area contributed by atoms with Crippen LogP contribution >= 0.6 is 0 Å². The van der Waals surface area contributed by atoms with Gasteiger partial charge in [-0.3, -0.25) is 4.89 Å². The standard InChI is InChI=1S/C29H29NO6/c1-6-30(7-2)19-13-15-23-25(17-19)33-24-16-18(26(31)35-36-28(3,4)5)12-14-22(24)29(23)21-11-9-8-10-20(21)27(32)34-29/h8-17H,6-7H2,1-5H3. The van der Waals surface area contributed by atoms with Gasteiger partial charge in [0.1, 0.15) is 17.1 Å². The third kappa shape index (κ3) is 3.80. The van der Waals surface area contributed by atoms with Crippen molar-refractivity contribution in [2.24, 2.45) is 0 Å². The summed E-state index contributed by atoms with van der Waals surface area (Å²) in [6, 6.07) is 18.3. The SMILES string of the molecule is CCN(CC)c1ccc2c(c1)Oc1cc(C(=O)OOC(C)(C)C)ccc1C21OC(=O)c2ccccc21. The lowest BCUT2D eigenvalue weighted by Gasteiger charge is -2.37. The van der Waals surface area contributed by atoms with E-state index in [4.69, 9.17) is 19.2 Å². The highest BCUT2D eigenvalue weighted by molar-refractivity contribution is 5.97. The number of rotatable bonds is 5. The first-order valence-corrected chi connectivity index (χ1v) is 12.1. The predicted molar refractivity (Wildman–Crippen MR) is 135 cm³/mol. The number of esters is 1. The van der Waals surface area contributed by atoms with Gasteiger partial charge < -0.3 is 14.4 Å². The van der Waals surface area contributed by atoms with Crippen molar-refractivity contribution in [3.05, 3.63) is 88.5 Å². The van der Waals surface area contributed by atoms with E-state index < -0.39 is 23.1 Å². The Kier molecular flexibility index (Phi) is 5.75. The van der Waals surface area contributed by atoms with Gasteiger partial charge in [-0.25, -0.2) is 9.59 Å². The van der Waals surface area contributed by atoms with Crippen molar-refractivity contribution in [1.29, 1.82) is 0 Å². The average Bonchev–Trinajstić information content (AvgIpc) is 3.15. The van der Waals surface area contributed by atoms with Crippen LogP contribution in [0.3, 0.4) is 0 Å². The second-order valence-electron chi connectivity index (χ2n) is 9.85. The van der Waals surface area contributed by atoms with Gasteiger partial charge in [-0.2, -0.15) is 4.89 Å². The fraction of sp³-hybridized carbons (Fsp3) is 0.310. The summed E-state index contributed by atoms with van der Waals surface area (Å²) in [6.45, 7) is 11.2. The minimum atomic E-state index is -1.19. The molecule has 3 aromatic carbocycles. The number of fused-ring (bicyclic) bond motifs is 6. The van der Waals surface area contributed by atoms with Crippen molar-refractivity contribution < 1.29 is 28.8 Å². The quantitative estimate of drug-likeness (QED) is 0.249. The van der Waals surface area contributed by atoms with Gasteiger partial charge in [0, 0.05) is 41.5 Å². The van der Waals surface area contributed by atoms with Crippen LogP contribution in [0, 0.1) is 0 Å². The van der Waals surface area contributed by atoms with Crippen molar-refractivity contribution in [3.8, 4) is 11.5 Å². The zero-order valence-corrected chi connectivity index (χ0v) is 21.1. The molecule has 7 nitrogen and oxygen atoms in total. The van der Waals surface area contributed by atoms with Gasteiger partial charge in [-0.05, 0) is 71.0 Å². The topological polar surface area (TPSA) is 74.3 Å². The van der Waals surface area contributed by atoms with Gasteiger partial charge in [0.25, 0.3) is 0 Å². The highest BCUT2D eigenvalue weighted by atomic mass is 17.2.